The van der Waals surface area contributed by atoms with Crippen LogP contribution in [-0.2, 0) is 4.79 Å². The molecule has 0 saturated heterocycles. The highest BCUT2D eigenvalue weighted by Gasteiger charge is 2.39. The van der Waals surface area contributed by atoms with E-state index < -0.39 is 6.04 Å². The molecule has 16 heavy (non-hydrogen) atoms. The van der Waals surface area contributed by atoms with Crippen molar-refractivity contribution >= 4 is 17.6 Å². The number of ketones is 1. The van der Waals surface area contributed by atoms with Gasteiger partial charge in [0.1, 0.15) is 0 Å². The summed E-state index contributed by atoms with van der Waals surface area (Å²) in [5, 5.41) is 0. The summed E-state index contributed by atoms with van der Waals surface area (Å²) in [5.74, 6) is -0.971. The highest BCUT2D eigenvalue weighted by molar-refractivity contribution is 6.22. The predicted octanol–water partition coefficient (Wildman–Crippen LogP) is 1.26. The second kappa shape index (κ2) is 3.56. The van der Waals surface area contributed by atoms with Crippen LogP contribution in [0.4, 0.5) is 0 Å². The van der Waals surface area contributed by atoms with E-state index >= 15 is 0 Å². The number of nitrogens with zero attached hydrogens (tertiary/aromatic N) is 1. The number of amides is 2. The summed E-state index contributed by atoms with van der Waals surface area (Å²) in [7, 11) is 0. The van der Waals surface area contributed by atoms with Gasteiger partial charge in [-0.1, -0.05) is 12.1 Å². The van der Waals surface area contributed by atoms with E-state index in [1.54, 1.807) is 31.2 Å². The van der Waals surface area contributed by atoms with Gasteiger partial charge in [0.25, 0.3) is 11.8 Å². The monoisotopic (exact) mass is 217 g/mol. The third-order valence-corrected chi connectivity index (χ3v) is 2.80. The van der Waals surface area contributed by atoms with E-state index in [0.29, 0.717) is 11.1 Å². The second-order valence-electron chi connectivity index (χ2n) is 3.81. The van der Waals surface area contributed by atoms with Gasteiger partial charge in [0, 0.05) is 0 Å². The Morgan fingerprint density at radius 2 is 1.56 bits per heavy atom. The summed E-state index contributed by atoms with van der Waals surface area (Å²) >= 11 is 0. The Bertz CT molecular complexity index is 458. The number of imide groups is 1. The topological polar surface area (TPSA) is 54.5 Å². The zero-order valence-electron chi connectivity index (χ0n) is 9.06. The second-order valence-corrected chi connectivity index (χ2v) is 3.81. The van der Waals surface area contributed by atoms with E-state index in [0.717, 1.165) is 4.90 Å². The molecule has 82 valence electrons. The van der Waals surface area contributed by atoms with E-state index in [1.165, 1.54) is 6.92 Å². The van der Waals surface area contributed by atoms with Crippen molar-refractivity contribution in [3.63, 3.8) is 0 Å². The first-order valence-corrected chi connectivity index (χ1v) is 5.01. The third kappa shape index (κ3) is 1.34. The van der Waals surface area contributed by atoms with Crippen LogP contribution in [-0.4, -0.2) is 28.5 Å². The maximum absolute atomic E-state index is 11.9. The Hall–Kier alpha value is -1.97. The van der Waals surface area contributed by atoms with Gasteiger partial charge >= 0.3 is 0 Å². The molecule has 0 bridgehead atoms. The van der Waals surface area contributed by atoms with Crippen molar-refractivity contribution in [1.82, 2.24) is 4.90 Å². The standard InChI is InChI=1S/C12H11NO3/c1-7(8(2)14)13-11(15)9-5-3-4-6-10(9)12(13)16/h3-7H,1-2H3/t7-/m0/s1. The van der Waals surface area contributed by atoms with Gasteiger partial charge in [0.05, 0.1) is 17.2 Å². The smallest absolute Gasteiger partial charge is 0.262 e. The lowest BCUT2D eigenvalue weighted by Crippen LogP contribution is -2.41. The van der Waals surface area contributed by atoms with Crippen LogP contribution < -0.4 is 0 Å². The Kier molecular flexibility index (Phi) is 2.34. The summed E-state index contributed by atoms with van der Waals surface area (Å²) < 4.78 is 0. The van der Waals surface area contributed by atoms with Crippen LogP contribution in [0.1, 0.15) is 34.6 Å². The Morgan fingerprint density at radius 1 is 1.12 bits per heavy atom. The maximum atomic E-state index is 11.9. The van der Waals surface area contributed by atoms with Crippen LogP contribution in [0.5, 0.6) is 0 Å². The zero-order chi connectivity index (χ0) is 11.9. The molecule has 0 unspecified atom stereocenters. The van der Waals surface area contributed by atoms with Gasteiger partial charge in [-0.15, -0.1) is 0 Å². The van der Waals surface area contributed by atoms with Gasteiger partial charge in [-0.25, -0.2) is 0 Å². The quantitative estimate of drug-likeness (QED) is 0.701. The lowest BCUT2D eigenvalue weighted by molar-refractivity contribution is -0.120. The molecule has 0 fully saturated rings. The largest absolute Gasteiger partial charge is 0.298 e. The number of benzene rings is 1. The molecule has 0 spiro atoms. The van der Waals surface area contributed by atoms with Crippen molar-refractivity contribution in [2.24, 2.45) is 0 Å². The SMILES string of the molecule is CC(=O)[C@H](C)N1C(=O)c2ccccc2C1=O. The van der Waals surface area contributed by atoms with Gasteiger partial charge in [-0.2, -0.15) is 0 Å². The third-order valence-electron chi connectivity index (χ3n) is 2.80. The summed E-state index contributed by atoms with van der Waals surface area (Å²) in [6.45, 7) is 2.93. The minimum Gasteiger partial charge on any atom is -0.298 e. The molecule has 1 atom stereocenters. The minimum atomic E-state index is -0.701. The Balaban J connectivity index is 2.46. The normalized spacial score (nSPS) is 16.2. The first-order valence-electron chi connectivity index (χ1n) is 5.01. The van der Waals surface area contributed by atoms with Crippen LogP contribution >= 0.6 is 0 Å². The average Bonchev–Trinajstić information content (AvgIpc) is 2.52. The van der Waals surface area contributed by atoms with E-state index in [9.17, 15) is 14.4 Å². The molecule has 1 aliphatic heterocycles. The highest BCUT2D eigenvalue weighted by Crippen LogP contribution is 2.24. The fourth-order valence-electron chi connectivity index (χ4n) is 1.74. The number of carbonyl (C=O) groups is 3. The van der Waals surface area contributed by atoms with Gasteiger partial charge in [-0.05, 0) is 26.0 Å². The molecule has 2 rings (SSSR count). The molecule has 0 saturated carbocycles. The van der Waals surface area contributed by atoms with Crippen molar-refractivity contribution in [3.05, 3.63) is 35.4 Å². The Labute approximate surface area is 92.9 Å². The molecule has 0 N–H and O–H groups in total. The zero-order valence-corrected chi connectivity index (χ0v) is 9.06. The first kappa shape index (κ1) is 10.5. The van der Waals surface area contributed by atoms with Gasteiger partial charge in [0.15, 0.2) is 5.78 Å². The average molecular weight is 217 g/mol. The van der Waals surface area contributed by atoms with Crippen molar-refractivity contribution < 1.29 is 14.4 Å². The summed E-state index contributed by atoms with van der Waals surface area (Å²) in [6, 6.07) is 5.90. The molecule has 1 aromatic carbocycles. The molecule has 4 heteroatoms. The van der Waals surface area contributed by atoms with Gasteiger partial charge < -0.3 is 0 Å². The van der Waals surface area contributed by atoms with Gasteiger partial charge in [0.2, 0.25) is 0 Å². The van der Waals surface area contributed by atoms with E-state index in [1.807, 2.05) is 0 Å². The molecular weight excluding hydrogens is 206 g/mol. The van der Waals surface area contributed by atoms with Crippen LogP contribution in [0.25, 0.3) is 0 Å². The van der Waals surface area contributed by atoms with Crippen molar-refractivity contribution in [2.75, 3.05) is 0 Å². The number of fused-ring (bicyclic) bond motifs is 1. The number of carbonyl (C=O) groups excluding carboxylic acids is 3. The van der Waals surface area contributed by atoms with E-state index in [2.05, 4.69) is 0 Å². The molecule has 0 aliphatic carbocycles. The first-order chi connectivity index (χ1) is 7.54. The van der Waals surface area contributed by atoms with Crippen LogP contribution in [0, 0.1) is 0 Å². The lowest BCUT2D eigenvalue weighted by atomic mass is 10.1. The van der Waals surface area contributed by atoms with E-state index in [4.69, 9.17) is 0 Å². The minimum absolute atomic E-state index is 0.200. The van der Waals surface area contributed by atoms with E-state index in [-0.39, 0.29) is 17.6 Å². The molecule has 1 heterocycles. The lowest BCUT2D eigenvalue weighted by Gasteiger charge is -2.19. The number of rotatable bonds is 2. The van der Waals surface area contributed by atoms with Crippen LogP contribution in [0.3, 0.4) is 0 Å². The van der Waals surface area contributed by atoms with Crippen molar-refractivity contribution in [1.29, 1.82) is 0 Å². The Morgan fingerprint density at radius 3 is 1.94 bits per heavy atom. The predicted molar refractivity (Wildman–Crippen MR) is 57.1 cm³/mol. The summed E-state index contributed by atoms with van der Waals surface area (Å²) in [4.78, 5) is 36.1. The fourth-order valence-corrected chi connectivity index (χ4v) is 1.74. The molecule has 2 amide bonds. The number of Topliss-reactive ketones (excluding diaryl/α,β-unsaturated/α-hetero) is 1. The summed E-state index contributed by atoms with van der Waals surface area (Å²) in [6.07, 6.45) is 0. The van der Waals surface area contributed by atoms with Crippen molar-refractivity contribution in [2.45, 2.75) is 19.9 Å². The molecule has 1 aliphatic rings. The van der Waals surface area contributed by atoms with Crippen LogP contribution in [0.2, 0.25) is 0 Å². The van der Waals surface area contributed by atoms with Crippen molar-refractivity contribution in [3.8, 4) is 0 Å². The van der Waals surface area contributed by atoms with Gasteiger partial charge in [-0.3, -0.25) is 19.3 Å². The van der Waals surface area contributed by atoms with Crippen LogP contribution in [0.15, 0.2) is 24.3 Å². The number of hydrogen-bond donors (Lipinski definition) is 0. The molecule has 1 aromatic rings. The summed E-state index contributed by atoms with van der Waals surface area (Å²) in [5.41, 5.74) is 0.751. The molecular formula is C12H11NO3. The highest BCUT2D eigenvalue weighted by atomic mass is 16.2. The molecule has 0 radical (unpaired) electrons. The fraction of sp³-hybridized carbons (Fsp3) is 0.250. The number of hydrogen-bond acceptors (Lipinski definition) is 3. The maximum Gasteiger partial charge on any atom is 0.262 e. The molecule has 4 nitrogen and oxygen atoms in total. The molecule has 0 aromatic heterocycles.